The molecule has 0 amide bonds. The number of fused-ring (bicyclic) bond motifs is 3. The Bertz CT molecular complexity index is 492. The van der Waals surface area contributed by atoms with E-state index in [-0.39, 0.29) is 0 Å². The maximum absolute atomic E-state index is 4.97. The molecule has 1 aliphatic rings. The average molecular weight is 334 g/mol. The molecule has 0 radical (unpaired) electrons. The molecule has 0 unspecified atom stereocenters. The summed E-state index contributed by atoms with van der Waals surface area (Å²) in [6.45, 7) is 2.28. The van der Waals surface area contributed by atoms with Crippen molar-refractivity contribution in [2.45, 2.75) is 12.8 Å². The SMILES string of the molecule is CC1c2ccccc2-c2ccccc21.[Cl][Ti]([Cl])[Cl]. The summed E-state index contributed by atoms with van der Waals surface area (Å²) in [7, 11) is 14.9. The van der Waals surface area contributed by atoms with Gasteiger partial charge in [-0.05, 0) is 22.3 Å². The molecule has 0 fully saturated rings. The van der Waals surface area contributed by atoms with Crippen LogP contribution >= 0.6 is 27.9 Å². The van der Waals surface area contributed by atoms with Crippen LogP contribution in [0.3, 0.4) is 0 Å². The van der Waals surface area contributed by atoms with Gasteiger partial charge in [-0.15, -0.1) is 0 Å². The van der Waals surface area contributed by atoms with Crippen LogP contribution in [0.4, 0.5) is 0 Å². The molecule has 3 rings (SSSR count). The molecule has 0 saturated heterocycles. The van der Waals surface area contributed by atoms with Crippen molar-refractivity contribution in [2.24, 2.45) is 0 Å². The van der Waals surface area contributed by atoms with E-state index < -0.39 is 14.7 Å². The minimum atomic E-state index is -1.92. The van der Waals surface area contributed by atoms with Crippen LogP contribution in [-0.2, 0) is 14.7 Å². The number of hydrogen-bond acceptors (Lipinski definition) is 0. The Hall–Kier alpha value is 0.0243. The zero-order chi connectivity index (χ0) is 13.1. The monoisotopic (exact) mass is 333 g/mol. The predicted molar refractivity (Wildman–Crippen MR) is 77.0 cm³/mol. The van der Waals surface area contributed by atoms with Gasteiger partial charge in [0.1, 0.15) is 0 Å². The van der Waals surface area contributed by atoms with Gasteiger partial charge in [0.15, 0.2) is 0 Å². The molecule has 0 N–H and O–H groups in total. The Morgan fingerprint density at radius 1 is 0.778 bits per heavy atom. The van der Waals surface area contributed by atoms with E-state index in [0.29, 0.717) is 5.92 Å². The third-order valence-corrected chi connectivity index (χ3v) is 3.14. The summed E-state index contributed by atoms with van der Waals surface area (Å²) >= 11 is -1.92. The Balaban J connectivity index is 0.000000267. The number of hydrogen-bond donors (Lipinski definition) is 0. The van der Waals surface area contributed by atoms with Gasteiger partial charge < -0.3 is 0 Å². The van der Waals surface area contributed by atoms with Gasteiger partial charge in [-0.3, -0.25) is 0 Å². The maximum atomic E-state index is 4.97. The van der Waals surface area contributed by atoms with E-state index in [1.165, 1.54) is 22.3 Å². The van der Waals surface area contributed by atoms with Gasteiger partial charge in [-0.25, -0.2) is 0 Å². The molecule has 2 aromatic carbocycles. The number of rotatable bonds is 0. The first-order valence-electron chi connectivity index (χ1n) is 5.63. The van der Waals surface area contributed by atoms with Crippen molar-refractivity contribution in [1.82, 2.24) is 0 Å². The summed E-state index contributed by atoms with van der Waals surface area (Å²) in [5.74, 6) is 0.558. The fraction of sp³-hybridized carbons (Fsp3) is 0.143. The van der Waals surface area contributed by atoms with Crippen molar-refractivity contribution in [3.63, 3.8) is 0 Å². The van der Waals surface area contributed by atoms with E-state index in [2.05, 4.69) is 55.5 Å². The second kappa shape index (κ2) is 6.45. The summed E-state index contributed by atoms with van der Waals surface area (Å²) in [5.41, 5.74) is 5.76. The van der Waals surface area contributed by atoms with Crippen LogP contribution in [0.5, 0.6) is 0 Å². The van der Waals surface area contributed by atoms with Crippen molar-refractivity contribution in [2.75, 3.05) is 0 Å². The fourth-order valence-corrected chi connectivity index (χ4v) is 2.41. The Morgan fingerprint density at radius 2 is 1.11 bits per heavy atom. The molecular weight excluding hydrogens is 322 g/mol. The topological polar surface area (TPSA) is 0 Å². The summed E-state index contributed by atoms with van der Waals surface area (Å²) in [6.07, 6.45) is 0. The fourth-order valence-electron chi connectivity index (χ4n) is 2.41. The first-order chi connectivity index (χ1) is 8.61. The van der Waals surface area contributed by atoms with Crippen molar-refractivity contribution >= 4 is 27.9 Å². The minimum absolute atomic E-state index is 0.558. The first kappa shape index (κ1) is 14.4. The quantitative estimate of drug-likeness (QED) is 0.527. The standard InChI is InChI=1S/C14H12.3ClH.Ti/c1-10-11-6-2-4-8-13(11)14-9-5-3-7-12(10)14;;;;/h2-10H,1H3;3*1H;/q;;;;+3/p-3. The first-order valence-corrected chi connectivity index (χ1v) is 12.1. The molecular formula is C14H12Cl3Ti. The van der Waals surface area contributed by atoms with E-state index in [4.69, 9.17) is 27.9 Å². The van der Waals surface area contributed by atoms with Gasteiger partial charge in [0.2, 0.25) is 0 Å². The van der Waals surface area contributed by atoms with E-state index in [9.17, 15) is 0 Å². The molecule has 0 spiro atoms. The van der Waals surface area contributed by atoms with Crippen LogP contribution in [-0.4, -0.2) is 0 Å². The van der Waals surface area contributed by atoms with E-state index in [0.717, 1.165) is 0 Å². The van der Waals surface area contributed by atoms with Crippen molar-refractivity contribution in [3.8, 4) is 11.1 Å². The predicted octanol–water partition coefficient (Wildman–Crippen LogP) is 5.88. The van der Waals surface area contributed by atoms with Crippen LogP contribution in [0.2, 0.25) is 0 Å². The molecule has 93 valence electrons. The van der Waals surface area contributed by atoms with Crippen LogP contribution in [0.15, 0.2) is 48.5 Å². The van der Waals surface area contributed by atoms with Crippen LogP contribution in [0, 0.1) is 0 Å². The van der Waals surface area contributed by atoms with E-state index in [1.807, 2.05) is 0 Å². The van der Waals surface area contributed by atoms with Crippen molar-refractivity contribution < 1.29 is 14.7 Å². The number of benzene rings is 2. The second-order valence-electron chi connectivity index (χ2n) is 4.11. The third-order valence-electron chi connectivity index (χ3n) is 3.14. The van der Waals surface area contributed by atoms with Gasteiger partial charge >= 0.3 is 42.6 Å². The van der Waals surface area contributed by atoms with Crippen LogP contribution < -0.4 is 0 Å². The normalized spacial score (nSPS) is 12.2. The summed E-state index contributed by atoms with van der Waals surface area (Å²) in [4.78, 5) is 0. The van der Waals surface area contributed by atoms with Gasteiger partial charge in [0.25, 0.3) is 0 Å². The molecule has 4 heteroatoms. The summed E-state index contributed by atoms with van der Waals surface area (Å²) in [5, 5.41) is 0. The molecule has 0 heterocycles. The Morgan fingerprint density at radius 3 is 1.50 bits per heavy atom. The Labute approximate surface area is 125 Å². The van der Waals surface area contributed by atoms with Crippen molar-refractivity contribution in [1.29, 1.82) is 0 Å². The van der Waals surface area contributed by atoms with Gasteiger partial charge in [-0.1, -0.05) is 55.5 Å². The summed E-state index contributed by atoms with van der Waals surface area (Å²) in [6, 6.07) is 17.4. The van der Waals surface area contributed by atoms with Gasteiger partial charge in [-0.2, -0.15) is 0 Å². The van der Waals surface area contributed by atoms with Crippen LogP contribution in [0.25, 0.3) is 11.1 Å². The van der Waals surface area contributed by atoms with Gasteiger partial charge in [0, 0.05) is 5.92 Å². The zero-order valence-corrected chi connectivity index (χ0v) is 13.7. The molecule has 0 atom stereocenters. The molecule has 0 nitrogen and oxygen atoms in total. The van der Waals surface area contributed by atoms with Crippen molar-refractivity contribution in [3.05, 3.63) is 59.7 Å². The number of halogens is 3. The zero-order valence-electron chi connectivity index (χ0n) is 9.83. The second-order valence-corrected chi connectivity index (χ2v) is 11.8. The molecule has 2 aromatic rings. The van der Waals surface area contributed by atoms with Gasteiger partial charge in [0.05, 0.1) is 0 Å². The molecule has 0 aliphatic heterocycles. The van der Waals surface area contributed by atoms with Crippen LogP contribution in [0.1, 0.15) is 24.0 Å². The molecule has 0 bridgehead atoms. The molecule has 0 aromatic heterocycles. The Kier molecular flexibility index (Phi) is 5.18. The molecule has 18 heavy (non-hydrogen) atoms. The van der Waals surface area contributed by atoms with E-state index >= 15 is 0 Å². The average Bonchev–Trinajstić information content (AvgIpc) is 2.64. The summed E-state index contributed by atoms with van der Waals surface area (Å²) < 4.78 is 0. The third kappa shape index (κ3) is 3.12. The molecule has 0 saturated carbocycles. The van der Waals surface area contributed by atoms with E-state index in [1.54, 1.807) is 0 Å². The molecule has 1 aliphatic carbocycles.